The summed E-state index contributed by atoms with van der Waals surface area (Å²) in [5.74, 6) is -7.32. The zero-order valence-electron chi connectivity index (χ0n) is 27.3. The average molecular weight is 747 g/mol. The highest BCUT2D eigenvalue weighted by molar-refractivity contribution is 9.10. The number of carboxylic acid groups (broad SMARTS) is 1. The van der Waals surface area contributed by atoms with Gasteiger partial charge in [0.05, 0.1) is 40.1 Å². The monoisotopic (exact) mass is 745 g/mol. The summed E-state index contributed by atoms with van der Waals surface area (Å²) < 4.78 is 0.648. The van der Waals surface area contributed by atoms with Crippen LogP contribution >= 0.6 is 15.9 Å². The minimum atomic E-state index is -1.52. The first-order valence-electron chi connectivity index (χ1n) is 16.7. The summed E-state index contributed by atoms with van der Waals surface area (Å²) >= 11 is 3.55. The van der Waals surface area contributed by atoms with E-state index in [9.17, 15) is 29.4 Å². The van der Waals surface area contributed by atoms with Gasteiger partial charge >= 0.3 is 5.97 Å². The average Bonchev–Trinajstić information content (AvgIpc) is 3.51. The number of imide groups is 2. The molecule has 51 heavy (non-hydrogen) atoms. The minimum absolute atomic E-state index is 0.0616. The van der Waals surface area contributed by atoms with Gasteiger partial charge in [0, 0.05) is 16.0 Å². The van der Waals surface area contributed by atoms with Gasteiger partial charge in [-0.1, -0.05) is 81.7 Å². The summed E-state index contributed by atoms with van der Waals surface area (Å²) in [5.41, 5.74) is 4.89. The van der Waals surface area contributed by atoms with E-state index < -0.39 is 64.6 Å². The number of amides is 4. The maximum absolute atomic E-state index is 15.2. The maximum atomic E-state index is 15.2. The first kappa shape index (κ1) is 32.6. The van der Waals surface area contributed by atoms with Crippen molar-refractivity contribution in [2.45, 2.75) is 31.1 Å². The van der Waals surface area contributed by atoms with Gasteiger partial charge < -0.3 is 10.2 Å². The number of hydrogen-bond donors (Lipinski definition) is 3. The Morgan fingerprint density at radius 2 is 1.61 bits per heavy atom. The Morgan fingerprint density at radius 3 is 2.33 bits per heavy atom. The number of carboxylic acids is 1. The number of nitrogens with one attached hydrogen (secondary N) is 1. The first-order valence-corrected chi connectivity index (χ1v) is 17.5. The van der Waals surface area contributed by atoms with Crippen LogP contribution in [0.4, 0.5) is 11.4 Å². The molecule has 0 unspecified atom stereocenters. The fraction of sp³-hybridized carbons (Fsp3) is 0.225. The Hall–Kier alpha value is -5.55. The highest BCUT2D eigenvalue weighted by Crippen LogP contribution is 2.65. The molecule has 4 aliphatic rings. The minimum Gasteiger partial charge on any atom is -0.508 e. The molecular formula is C40H32BrN3O7. The van der Waals surface area contributed by atoms with Crippen LogP contribution in [0.2, 0.25) is 0 Å². The van der Waals surface area contributed by atoms with Gasteiger partial charge in [-0.05, 0) is 79.8 Å². The Kier molecular flexibility index (Phi) is 7.71. The fourth-order valence-electron chi connectivity index (χ4n) is 8.88. The molecule has 3 N–H and O–H groups in total. The molecule has 2 aliphatic carbocycles. The van der Waals surface area contributed by atoms with Crippen molar-refractivity contribution in [2.24, 2.45) is 23.7 Å². The van der Waals surface area contributed by atoms with Crippen molar-refractivity contribution in [1.82, 2.24) is 5.01 Å². The lowest BCUT2D eigenvalue weighted by Gasteiger charge is -2.50. The summed E-state index contributed by atoms with van der Waals surface area (Å²) in [4.78, 5) is 71.3. The lowest BCUT2D eigenvalue weighted by atomic mass is 9.49. The number of anilines is 2. The van der Waals surface area contributed by atoms with Gasteiger partial charge in [-0.2, -0.15) is 5.01 Å². The van der Waals surface area contributed by atoms with Gasteiger partial charge in [-0.15, -0.1) is 0 Å². The van der Waals surface area contributed by atoms with Crippen LogP contribution in [0.5, 0.6) is 5.75 Å². The molecule has 4 aromatic carbocycles. The molecule has 0 bridgehead atoms. The topological polar surface area (TPSA) is 144 Å². The third-order valence-electron chi connectivity index (χ3n) is 11.0. The van der Waals surface area contributed by atoms with Crippen molar-refractivity contribution < 1.29 is 34.2 Å². The number of allylic oxidation sites excluding steroid dienone is 2. The van der Waals surface area contributed by atoms with E-state index in [1.165, 1.54) is 30.3 Å². The highest BCUT2D eigenvalue weighted by atomic mass is 79.9. The lowest BCUT2D eigenvalue weighted by molar-refractivity contribution is -0.138. The van der Waals surface area contributed by atoms with Crippen LogP contribution in [0.25, 0.3) is 0 Å². The van der Waals surface area contributed by atoms with Crippen LogP contribution in [-0.2, 0) is 24.6 Å². The van der Waals surface area contributed by atoms with E-state index in [0.29, 0.717) is 26.9 Å². The second-order valence-corrected chi connectivity index (χ2v) is 14.6. The van der Waals surface area contributed by atoms with Crippen molar-refractivity contribution in [2.75, 3.05) is 10.3 Å². The second kappa shape index (κ2) is 12.1. The molecule has 10 nitrogen and oxygen atoms in total. The van der Waals surface area contributed by atoms with E-state index in [1.54, 1.807) is 24.3 Å². The van der Waals surface area contributed by atoms with Gasteiger partial charge in [0.2, 0.25) is 11.8 Å². The molecule has 4 amide bonds. The van der Waals surface area contributed by atoms with Crippen LogP contribution in [0.15, 0.2) is 113 Å². The summed E-state index contributed by atoms with van der Waals surface area (Å²) in [5, 5.41) is 22.2. The molecule has 8 rings (SSSR count). The third-order valence-corrected chi connectivity index (χ3v) is 11.5. The quantitative estimate of drug-likeness (QED) is 0.153. The molecule has 0 aromatic heterocycles. The van der Waals surface area contributed by atoms with E-state index in [-0.39, 0.29) is 29.8 Å². The zero-order chi connectivity index (χ0) is 35.8. The van der Waals surface area contributed by atoms with Crippen molar-refractivity contribution in [1.29, 1.82) is 0 Å². The van der Waals surface area contributed by atoms with Crippen LogP contribution in [0.1, 0.15) is 45.8 Å². The lowest BCUT2D eigenvalue weighted by Crippen LogP contribution is -2.53. The molecule has 11 heteroatoms. The van der Waals surface area contributed by atoms with E-state index in [2.05, 4.69) is 21.4 Å². The molecule has 1 saturated carbocycles. The smallest absolute Gasteiger partial charge is 0.335 e. The molecule has 4 aromatic rings. The predicted octanol–water partition coefficient (Wildman–Crippen LogP) is 6.35. The number of hydrogen-bond acceptors (Lipinski definition) is 7. The molecule has 256 valence electrons. The number of rotatable bonds is 6. The van der Waals surface area contributed by atoms with Crippen molar-refractivity contribution in [3.05, 3.63) is 135 Å². The summed E-state index contributed by atoms with van der Waals surface area (Å²) in [7, 11) is 0. The Labute approximate surface area is 301 Å². The van der Waals surface area contributed by atoms with Gasteiger partial charge in [0.25, 0.3) is 11.8 Å². The van der Waals surface area contributed by atoms with E-state index in [1.807, 2.05) is 55.5 Å². The van der Waals surface area contributed by atoms with Crippen LogP contribution < -0.4 is 10.3 Å². The number of phenolic OH excluding ortho intramolecular Hbond substituents is 1. The maximum Gasteiger partial charge on any atom is 0.335 e. The molecule has 2 aliphatic heterocycles. The Bertz CT molecular complexity index is 2190. The molecule has 2 saturated heterocycles. The normalized spacial score (nSPS) is 26.8. The zero-order valence-corrected chi connectivity index (χ0v) is 28.9. The van der Waals surface area contributed by atoms with Crippen molar-refractivity contribution in [3.63, 3.8) is 0 Å². The van der Waals surface area contributed by atoms with Crippen molar-refractivity contribution in [3.8, 4) is 5.75 Å². The molecule has 0 radical (unpaired) electrons. The van der Waals surface area contributed by atoms with Crippen LogP contribution in [0.3, 0.4) is 0 Å². The predicted molar refractivity (Wildman–Crippen MR) is 190 cm³/mol. The first-order chi connectivity index (χ1) is 24.5. The molecule has 2 heterocycles. The summed E-state index contributed by atoms with van der Waals surface area (Å²) in [6.45, 7) is 1.94. The van der Waals surface area contributed by atoms with Crippen LogP contribution in [-0.4, -0.2) is 44.8 Å². The van der Waals surface area contributed by atoms with Gasteiger partial charge in [0.15, 0.2) is 0 Å². The number of aromatic carboxylic acids is 1. The SMILES string of the molecule is Cc1ccc(NN2C(=O)[C@@H]3C[C@@H]4C(=CC[C@@H]5C(=O)N(c6cccc(C(=O)O)c6)C(=O)[C@@H]54)[C@H](c4cc(Br)ccc4O)[C@]3(c3ccccc3)C2=O)cc1. The van der Waals surface area contributed by atoms with Crippen molar-refractivity contribution >= 4 is 56.9 Å². The van der Waals surface area contributed by atoms with E-state index in [4.69, 9.17) is 0 Å². The standard InChI is InChI=1S/C40H32BrN3O7/c1-21-10-13-25(14-11-21)42-44-36(47)31-20-29-27(15-16-28-33(29)37(48)43(35(28)46)26-9-5-6-22(18-26)38(49)50)34(30-19-24(41)12-17-32(30)45)40(31,39(44)51)23-7-3-2-4-8-23/h2-15,17-19,28-29,31,33-34,42,45H,16,20H2,1H3,(H,49,50)/t28-,29+,31-,33-,34+,40+/m0/s1. The number of benzene rings is 4. The van der Waals surface area contributed by atoms with Gasteiger partial charge in [-0.25, -0.2) is 4.79 Å². The number of aryl methyl sites for hydroxylation is 1. The Balaban J connectivity index is 1.31. The molecule has 3 fully saturated rings. The number of nitrogens with zero attached hydrogens (tertiary/aromatic N) is 2. The Morgan fingerprint density at radius 1 is 0.863 bits per heavy atom. The largest absolute Gasteiger partial charge is 0.508 e. The highest BCUT2D eigenvalue weighted by Gasteiger charge is 2.70. The number of carbonyl (C=O) groups is 5. The summed E-state index contributed by atoms with van der Waals surface area (Å²) in [6.07, 6.45) is 2.18. The van der Waals surface area contributed by atoms with E-state index in [0.717, 1.165) is 15.5 Å². The van der Waals surface area contributed by atoms with Gasteiger partial charge in [-0.3, -0.25) is 29.5 Å². The second-order valence-electron chi connectivity index (χ2n) is 13.7. The molecule has 0 spiro atoms. The summed E-state index contributed by atoms with van der Waals surface area (Å²) in [6, 6.07) is 27.1. The van der Waals surface area contributed by atoms with E-state index >= 15 is 4.79 Å². The fourth-order valence-corrected chi connectivity index (χ4v) is 9.26. The van der Waals surface area contributed by atoms with Crippen LogP contribution in [0, 0.1) is 30.6 Å². The number of phenols is 1. The number of carbonyl (C=O) groups excluding carboxylic acids is 4. The molecular weight excluding hydrogens is 714 g/mol. The van der Waals surface area contributed by atoms with Gasteiger partial charge in [0.1, 0.15) is 5.75 Å². The number of aromatic hydroxyl groups is 1. The number of hydrazine groups is 1. The number of fused-ring (bicyclic) bond motifs is 4. The molecule has 6 atom stereocenters. The third kappa shape index (κ3) is 4.85. The number of halogens is 1.